The van der Waals surface area contributed by atoms with E-state index in [0.29, 0.717) is 0 Å². The summed E-state index contributed by atoms with van der Waals surface area (Å²) in [7, 11) is 0. The summed E-state index contributed by atoms with van der Waals surface area (Å²) in [5, 5.41) is 0. The highest BCUT2D eigenvalue weighted by atomic mass is 16.5. The van der Waals surface area contributed by atoms with E-state index in [4.69, 9.17) is 9.15 Å². The van der Waals surface area contributed by atoms with Gasteiger partial charge in [-0.25, -0.2) is 0 Å². The number of hydrogen-bond donors (Lipinski definition) is 0. The monoisotopic (exact) mass is 378 g/mol. The van der Waals surface area contributed by atoms with E-state index in [2.05, 4.69) is 55.5 Å². The number of aromatic nitrogens is 1. The number of aryl methyl sites for hydroxylation is 2. The van der Waals surface area contributed by atoms with Gasteiger partial charge in [0.15, 0.2) is 0 Å². The third kappa shape index (κ3) is 4.63. The Hall–Kier alpha value is -2.59. The van der Waals surface area contributed by atoms with Crippen LogP contribution in [0.5, 0.6) is 0 Å². The molecule has 2 atom stereocenters. The van der Waals surface area contributed by atoms with Crippen molar-refractivity contribution in [3.8, 4) is 0 Å². The largest absolute Gasteiger partial charge is 0.469 e. The summed E-state index contributed by atoms with van der Waals surface area (Å²) >= 11 is 0. The summed E-state index contributed by atoms with van der Waals surface area (Å²) in [6, 6.07) is 6.18. The van der Waals surface area contributed by atoms with Crippen molar-refractivity contribution in [1.82, 2.24) is 9.88 Å². The second-order valence-electron chi connectivity index (χ2n) is 7.60. The third-order valence-electron chi connectivity index (χ3n) is 5.14. The van der Waals surface area contributed by atoms with Gasteiger partial charge in [0.05, 0.1) is 18.5 Å². The highest BCUT2D eigenvalue weighted by molar-refractivity contribution is 5.95. The van der Waals surface area contributed by atoms with Crippen LogP contribution in [0, 0.1) is 13.8 Å². The molecule has 148 valence electrons. The Morgan fingerprint density at radius 3 is 2.50 bits per heavy atom. The predicted molar refractivity (Wildman–Crippen MR) is 115 cm³/mol. The molecule has 3 rings (SSSR count). The average molecular weight is 379 g/mol. The fourth-order valence-electron chi connectivity index (χ4n) is 3.77. The van der Waals surface area contributed by atoms with E-state index in [-0.39, 0.29) is 12.2 Å². The van der Waals surface area contributed by atoms with Crippen LogP contribution in [-0.2, 0) is 4.74 Å². The van der Waals surface area contributed by atoms with Crippen LogP contribution in [0.1, 0.15) is 43.4 Å². The van der Waals surface area contributed by atoms with Crippen LogP contribution in [0.3, 0.4) is 0 Å². The predicted octanol–water partition coefficient (Wildman–Crippen LogP) is 5.40. The maximum atomic E-state index is 5.84. The Balaban J connectivity index is 1.95. The van der Waals surface area contributed by atoms with Gasteiger partial charge in [-0.15, -0.1) is 0 Å². The van der Waals surface area contributed by atoms with E-state index >= 15 is 0 Å². The molecule has 0 amide bonds. The fourth-order valence-corrected chi connectivity index (χ4v) is 3.77. The van der Waals surface area contributed by atoms with E-state index in [1.807, 2.05) is 32.2 Å². The molecule has 0 bridgehead atoms. The van der Waals surface area contributed by atoms with E-state index in [9.17, 15) is 0 Å². The summed E-state index contributed by atoms with van der Waals surface area (Å²) < 4.78 is 11.4. The zero-order valence-corrected chi connectivity index (χ0v) is 17.5. The van der Waals surface area contributed by atoms with Crippen molar-refractivity contribution in [2.75, 3.05) is 13.1 Å². The average Bonchev–Trinajstić information content (AvgIpc) is 3.06. The van der Waals surface area contributed by atoms with Crippen LogP contribution in [-0.4, -0.2) is 35.2 Å². The van der Waals surface area contributed by atoms with Crippen molar-refractivity contribution in [2.24, 2.45) is 0 Å². The minimum absolute atomic E-state index is 0.210. The fraction of sp³-hybridized carbons (Fsp3) is 0.375. The summed E-state index contributed by atoms with van der Waals surface area (Å²) in [4.78, 5) is 6.64. The number of morpholine rings is 1. The van der Waals surface area contributed by atoms with E-state index < -0.39 is 0 Å². The van der Waals surface area contributed by atoms with Crippen LogP contribution in [0.15, 0.2) is 59.5 Å². The Morgan fingerprint density at radius 2 is 1.89 bits per heavy atom. The number of nitrogens with zero attached hydrogens (tertiary/aromatic N) is 2. The van der Waals surface area contributed by atoms with Crippen LogP contribution in [0.25, 0.3) is 11.1 Å². The van der Waals surface area contributed by atoms with Gasteiger partial charge in [-0.05, 0) is 75.6 Å². The molecule has 28 heavy (non-hydrogen) atoms. The first-order chi connectivity index (χ1) is 13.3. The second-order valence-corrected chi connectivity index (χ2v) is 7.60. The van der Waals surface area contributed by atoms with Gasteiger partial charge >= 0.3 is 0 Å². The summed E-state index contributed by atoms with van der Waals surface area (Å²) in [6.45, 7) is 16.4. The lowest BCUT2D eigenvalue weighted by Gasteiger charge is -2.37. The number of hydrogen-bond acceptors (Lipinski definition) is 4. The van der Waals surface area contributed by atoms with E-state index in [1.54, 1.807) is 6.26 Å². The Morgan fingerprint density at radius 1 is 1.18 bits per heavy atom. The van der Waals surface area contributed by atoms with E-state index in [1.165, 1.54) is 5.57 Å². The smallest absolute Gasteiger partial charge is 0.108 e. The van der Waals surface area contributed by atoms with Crippen LogP contribution < -0.4 is 0 Å². The Bertz CT molecular complexity index is 897. The van der Waals surface area contributed by atoms with Crippen molar-refractivity contribution >= 4 is 11.1 Å². The number of pyridine rings is 1. The van der Waals surface area contributed by atoms with Crippen LogP contribution >= 0.6 is 0 Å². The van der Waals surface area contributed by atoms with E-state index in [0.717, 1.165) is 46.9 Å². The lowest BCUT2D eigenvalue weighted by atomic mass is 9.95. The zero-order chi connectivity index (χ0) is 20.3. The molecule has 0 N–H and O–H groups in total. The molecule has 0 aliphatic carbocycles. The zero-order valence-electron chi connectivity index (χ0n) is 17.5. The molecule has 3 heterocycles. The van der Waals surface area contributed by atoms with Gasteiger partial charge in [0.1, 0.15) is 5.76 Å². The molecule has 2 aromatic heterocycles. The van der Waals surface area contributed by atoms with Crippen molar-refractivity contribution in [3.63, 3.8) is 0 Å². The molecular formula is C24H30N2O2. The van der Waals surface area contributed by atoms with Gasteiger partial charge in [0.2, 0.25) is 0 Å². The molecule has 2 aromatic rings. The third-order valence-corrected chi connectivity index (χ3v) is 5.14. The van der Waals surface area contributed by atoms with Gasteiger partial charge in [-0.3, -0.25) is 4.98 Å². The number of allylic oxidation sites excluding steroid dienone is 4. The summed E-state index contributed by atoms with van der Waals surface area (Å²) in [5.74, 6) is 0.920. The highest BCUT2D eigenvalue weighted by Gasteiger charge is 2.22. The van der Waals surface area contributed by atoms with Gasteiger partial charge in [0, 0.05) is 36.2 Å². The van der Waals surface area contributed by atoms with Gasteiger partial charge in [0.25, 0.3) is 0 Å². The standard InChI is InChI=1S/C24H30N2O2/c1-16-13-22(9-11-25-16)24(20(5)23-10-12-27-21(23)6)8-7-17(2)26-14-18(3)28-19(4)15-26/h7-13,18-19H,2,14-15H2,1,3-6H3. The van der Waals surface area contributed by atoms with Crippen LogP contribution in [0.4, 0.5) is 0 Å². The van der Waals surface area contributed by atoms with Gasteiger partial charge in [-0.1, -0.05) is 12.7 Å². The van der Waals surface area contributed by atoms with Crippen molar-refractivity contribution in [1.29, 1.82) is 0 Å². The molecule has 4 heteroatoms. The van der Waals surface area contributed by atoms with Crippen molar-refractivity contribution in [2.45, 2.75) is 46.8 Å². The van der Waals surface area contributed by atoms with Crippen molar-refractivity contribution < 1.29 is 9.15 Å². The Labute approximate surface area is 168 Å². The van der Waals surface area contributed by atoms with Gasteiger partial charge < -0.3 is 14.1 Å². The topological polar surface area (TPSA) is 38.5 Å². The molecule has 1 aliphatic rings. The molecular weight excluding hydrogens is 348 g/mol. The molecule has 1 saturated heterocycles. The lowest BCUT2D eigenvalue weighted by Crippen LogP contribution is -2.44. The maximum absolute atomic E-state index is 5.84. The molecule has 0 spiro atoms. The minimum Gasteiger partial charge on any atom is -0.469 e. The second kappa shape index (κ2) is 8.61. The summed E-state index contributed by atoms with van der Waals surface area (Å²) in [6.07, 6.45) is 8.28. The first-order valence-corrected chi connectivity index (χ1v) is 9.81. The highest BCUT2D eigenvalue weighted by Crippen LogP contribution is 2.30. The van der Waals surface area contributed by atoms with Crippen LogP contribution in [0.2, 0.25) is 0 Å². The molecule has 0 aromatic carbocycles. The molecule has 0 saturated carbocycles. The normalized spacial score (nSPS) is 21.1. The first-order valence-electron chi connectivity index (χ1n) is 9.81. The minimum atomic E-state index is 0.210. The maximum Gasteiger partial charge on any atom is 0.108 e. The lowest BCUT2D eigenvalue weighted by molar-refractivity contribution is -0.0565. The molecule has 4 nitrogen and oxygen atoms in total. The first kappa shape index (κ1) is 20.2. The molecule has 0 radical (unpaired) electrons. The molecule has 1 fully saturated rings. The Kier molecular flexibility index (Phi) is 6.20. The van der Waals surface area contributed by atoms with Gasteiger partial charge in [-0.2, -0.15) is 0 Å². The number of ether oxygens (including phenoxy) is 1. The molecule has 1 aliphatic heterocycles. The quantitative estimate of drug-likeness (QED) is 0.653. The van der Waals surface area contributed by atoms with Crippen molar-refractivity contribution in [3.05, 3.63) is 77.7 Å². The number of rotatable bonds is 5. The molecule has 2 unspecified atom stereocenters. The SMILES string of the molecule is C=C(C=CC(=C(C)c1ccoc1C)c1ccnc(C)c1)N1CC(C)OC(C)C1. The number of furan rings is 1. The summed E-state index contributed by atoms with van der Waals surface area (Å²) in [5.41, 5.74) is 6.57.